The molecule has 8 nitrogen and oxygen atoms in total. The van der Waals surface area contributed by atoms with Crippen molar-refractivity contribution in [3.8, 4) is 23.0 Å². The van der Waals surface area contributed by atoms with Crippen molar-refractivity contribution in [3.05, 3.63) is 259 Å². The minimum Gasteiger partial charge on any atom is -0.506 e. The normalized spacial score (nSPS) is 24.4. The van der Waals surface area contributed by atoms with Crippen LogP contribution in [0.4, 0.5) is 0 Å². The van der Waals surface area contributed by atoms with Gasteiger partial charge in [0.2, 0.25) is 0 Å². The number of aromatic hydroxyl groups is 4. The van der Waals surface area contributed by atoms with Gasteiger partial charge in [0.05, 0.1) is 42.3 Å². The molecule has 0 unspecified atom stereocenters. The number of Topliss-reactive ketones (excluding diaryl/α,β-unsaturated/α-hetero) is 4. The van der Waals surface area contributed by atoms with Gasteiger partial charge in [-0.1, -0.05) is 220 Å². The lowest BCUT2D eigenvalue weighted by Gasteiger charge is -2.12. The number of benzene rings is 8. The average Bonchev–Trinajstić information content (AvgIpc) is 4.49. The first-order chi connectivity index (χ1) is 38.2. The Kier molecular flexibility index (Phi) is 16.6. The number of phenols is 4. The summed E-state index contributed by atoms with van der Waals surface area (Å²) in [7, 11) is 0. The molecule has 8 atom stereocenters. The van der Waals surface area contributed by atoms with Crippen molar-refractivity contribution < 1.29 is 39.6 Å². The minimum absolute atomic E-state index is 0.0312. The highest BCUT2D eigenvalue weighted by molar-refractivity contribution is 6.34. The van der Waals surface area contributed by atoms with Gasteiger partial charge >= 0.3 is 0 Å². The van der Waals surface area contributed by atoms with Gasteiger partial charge in [-0.25, -0.2) is 0 Å². The minimum atomic E-state index is -0.132. The predicted octanol–water partition coefficient (Wildman–Crippen LogP) is 16.8. The fourth-order valence-electron chi connectivity index (χ4n) is 11.1. The van der Waals surface area contributed by atoms with Crippen LogP contribution in [-0.2, 0) is 21.7 Å². The quantitative estimate of drug-likeness (QED) is 0.0884. The van der Waals surface area contributed by atoms with Gasteiger partial charge in [0.1, 0.15) is 23.0 Å². The lowest BCUT2D eigenvalue weighted by molar-refractivity contribution is 0.0948. The van der Waals surface area contributed by atoms with Gasteiger partial charge in [-0.2, -0.15) is 0 Å². The number of hydrogen-bond acceptors (Lipinski definition) is 8. The van der Waals surface area contributed by atoms with Crippen LogP contribution in [0.2, 0.25) is 20.1 Å². The Labute approximate surface area is 486 Å². The second-order valence-corrected chi connectivity index (χ2v) is 23.8. The molecule has 0 aromatic heterocycles. The number of carbonyl (C=O) groups excluding carboxylic acids is 4. The maximum Gasteiger partial charge on any atom is 0.170 e. The molecule has 4 aliphatic rings. The first-order valence-corrected chi connectivity index (χ1v) is 28.0. The topological polar surface area (TPSA) is 149 Å². The summed E-state index contributed by atoms with van der Waals surface area (Å²) in [5.74, 6) is -0.918. The third-order valence-electron chi connectivity index (χ3n) is 17.0. The van der Waals surface area contributed by atoms with E-state index in [9.17, 15) is 39.6 Å². The first kappa shape index (κ1) is 57.5. The first-order valence-electron chi connectivity index (χ1n) is 26.4. The van der Waals surface area contributed by atoms with Crippen LogP contribution >= 0.6 is 46.4 Å². The summed E-state index contributed by atoms with van der Waals surface area (Å²) in [6.07, 6.45) is 3.23. The lowest BCUT2D eigenvalue weighted by atomic mass is 9.92. The molecular weight excluding hydrogens is 1090 g/mol. The number of rotatable bonds is 12. The third-order valence-corrected chi connectivity index (χ3v) is 18.2. The largest absolute Gasteiger partial charge is 0.506 e. The molecule has 0 heterocycles. The maximum atomic E-state index is 12.6. The highest BCUT2D eigenvalue weighted by atomic mass is 35.5. The van der Waals surface area contributed by atoms with Crippen LogP contribution in [0.25, 0.3) is 0 Å². The second-order valence-electron chi connectivity index (χ2n) is 22.2. The summed E-state index contributed by atoms with van der Waals surface area (Å²) < 4.78 is 0. The van der Waals surface area contributed by atoms with E-state index in [1.165, 1.54) is 22.3 Å². The van der Waals surface area contributed by atoms with Gasteiger partial charge in [0.15, 0.2) is 23.1 Å². The molecular formula is C68H60Cl4O8. The molecule has 0 radical (unpaired) electrons. The molecule has 4 fully saturated rings. The lowest BCUT2D eigenvalue weighted by Crippen LogP contribution is -2.12. The van der Waals surface area contributed by atoms with E-state index in [4.69, 9.17) is 46.4 Å². The Morgan fingerprint density at radius 1 is 0.300 bits per heavy atom. The van der Waals surface area contributed by atoms with Crippen molar-refractivity contribution in [1.29, 1.82) is 0 Å². The Morgan fingerprint density at radius 3 is 0.650 bits per heavy atom. The number of phenolic OH excluding ortho intramolecular Hbond substituents is 4. The monoisotopic (exact) mass is 1140 g/mol. The summed E-state index contributed by atoms with van der Waals surface area (Å²) in [6.45, 7) is 8.36. The summed E-state index contributed by atoms with van der Waals surface area (Å²) in [4.78, 5) is 50.2. The van der Waals surface area contributed by atoms with Crippen LogP contribution in [0, 0.1) is 23.7 Å². The van der Waals surface area contributed by atoms with Crippen molar-refractivity contribution >= 4 is 69.5 Å². The fraction of sp³-hybridized carbons (Fsp3) is 0.235. The second kappa shape index (κ2) is 23.1. The molecule has 12 rings (SSSR count). The SMILES string of the molecule is C[C@]1(c2ccccc2)C[C@@H]1C(=O)c1cccc(Cl)c1O.C[C@]1(c2ccccc2)C[C@@H]1C(=O)c1cccc(Cl)c1O.C[C@]1(c2ccccc2)C[C@@H]1C(=O)c1cccc(Cl)c1O.C[C@]1(c2ccccc2)C[C@@H]1C(=O)c1cccc(Cl)c1O. The van der Waals surface area contributed by atoms with E-state index in [-0.39, 0.29) is 112 Å². The zero-order chi connectivity index (χ0) is 57.3. The highest BCUT2D eigenvalue weighted by Gasteiger charge is 2.58. The summed E-state index contributed by atoms with van der Waals surface area (Å²) in [6, 6.07) is 59.7. The molecule has 8 aromatic carbocycles. The molecule has 4 N–H and O–H groups in total. The maximum absolute atomic E-state index is 12.6. The van der Waals surface area contributed by atoms with Crippen LogP contribution in [-0.4, -0.2) is 43.6 Å². The molecule has 4 aliphatic carbocycles. The van der Waals surface area contributed by atoms with Gasteiger partial charge in [-0.05, 0) is 96.5 Å². The zero-order valence-electron chi connectivity index (χ0n) is 44.5. The summed E-state index contributed by atoms with van der Waals surface area (Å²) >= 11 is 23.5. The number of carbonyl (C=O) groups is 4. The number of halogens is 4. The van der Waals surface area contributed by atoms with Crippen LogP contribution in [0.3, 0.4) is 0 Å². The zero-order valence-corrected chi connectivity index (χ0v) is 47.6. The van der Waals surface area contributed by atoms with E-state index in [1.807, 2.05) is 121 Å². The molecule has 0 spiro atoms. The average molecular weight is 1150 g/mol. The van der Waals surface area contributed by atoms with Crippen molar-refractivity contribution in [2.75, 3.05) is 0 Å². The van der Waals surface area contributed by atoms with Crippen molar-refractivity contribution in [1.82, 2.24) is 0 Å². The van der Waals surface area contributed by atoms with E-state index in [0.29, 0.717) is 22.3 Å². The Bertz CT molecular complexity index is 3140. The fourth-order valence-corrected chi connectivity index (χ4v) is 11.8. The van der Waals surface area contributed by atoms with E-state index in [2.05, 4.69) is 27.7 Å². The van der Waals surface area contributed by atoms with Gasteiger partial charge in [-0.3, -0.25) is 19.2 Å². The van der Waals surface area contributed by atoms with Crippen molar-refractivity contribution in [2.45, 2.75) is 75.0 Å². The van der Waals surface area contributed by atoms with Crippen molar-refractivity contribution in [2.24, 2.45) is 23.7 Å². The predicted molar refractivity (Wildman–Crippen MR) is 317 cm³/mol. The summed E-state index contributed by atoms with van der Waals surface area (Å²) in [5.41, 5.74) is 5.42. The Balaban J connectivity index is 0.000000129. The smallest absolute Gasteiger partial charge is 0.170 e. The molecule has 4 saturated carbocycles. The molecule has 408 valence electrons. The summed E-state index contributed by atoms with van der Waals surface area (Å²) in [5, 5.41) is 40.6. The van der Waals surface area contributed by atoms with Crippen LogP contribution in [0.1, 0.15) is 117 Å². The van der Waals surface area contributed by atoms with Gasteiger partial charge in [0, 0.05) is 45.3 Å². The number of ketones is 4. The molecule has 0 saturated heterocycles. The number of hydrogen-bond donors (Lipinski definition) is 4. The highest BCUT2D eigenvalue weighted by Crippen LogP contribution is 2.59. The van der Waals surface area contributed by atoms with Gasteiger partial charge in [0.25, 0.3) is 0 Å². The molecule has 8 aromatic rings. The van der Waals surface area contributed by atoms with E-state index >= 15 is 0 Å². The molecule has 0 bridgehead atoms. The van der Waals surface area contributed by atoms with Crippen molar-refractivity contribution in [3.63, 3.8) is 0 Å². The van der Waals surface area contributed by atoms with Gasteiger partial charge in [-0.15, -0.1) is 0 Å². The van der Waals surface area contributed by atoms with Crippen LogP contribution < -0.4 is 0 Å². The third kappa shape index (κ3) is 11.6. The van der Waals surface area contributed by atoms with Crippen LogP contribution in [0.5, 0.6) is 23.0 Å². The van der Waals surface area contributed by atoms with Crippen LogP contribution in [0.15, 0.2) is 194 Å². The van der Waals surface area contributed by atoms with E-state index in [1.54, 1.807) is 72.8 Å². The Morgan fingerprint density at radius 2 is 0.475 bits per heavy atom. The van der Waals surface area contributed by atoms with E-state index in [0.717, 1.165) is 25.7 Å². The molecule has 0 amide bonds. The Hall–Kier alpha value is -7.20. The number of para-hydroxylation sites is 4. The van der Waals surface area contributed by atoms with Gasteiger partial charge < -0.3 is 20.4 Å². The molecule has 12 heteroatoms. The standard InChI is InChI=1S/4C17H15ClO2/c4*1-17(11-6-3-2-4-7-11)10-13(17)15(19)12-8-5-9-14(18)16(12)20/h4*2-9,13,20H,10H2,1H3/t4*13-,17-/m1111/s1. The molecule has 80 heavy (non-hydrogen) atoms. The molecule has 0 aliphatic heterocycles. The van der Waals surface area contributed by atoms with E-state index < -0.39 is 0 Å².